The molecule has 0 fully saturated rings. The van der Waals surface area contributed by atoms with Gasteiger partial charge >= 0.3 is 5.97 Å². The molecule has 1 amide bonds. The average Bonchev–Trinajstić information content (AvgIpc) is 2.16. The molecule has 2 atom stereocenters. The first-order valence-electron chi connectivity index (χ1n) is 5.61. The predicted molar refractivity (Wildman–Crippen MR) is 61.5 cm³/mol. The molecule has 0 aromatic rings. The molecule has 0 bridgehead atoms. The van der Waals surface area contributed by atoms with Crippen molar-refractivity contribution in [1.29, 1.82) is 0 Å². The Bertz CT molecular complexity index is 244. The molecule has 17 heavy (non-hydrogen) atoms. The fraction of sp³-hybridized carbons (Fsp3) is 0.818. The summed E-state index contributed by atoms with van der Waals surface area (Å²) in [6.45, 7) is 2.32. The number of aliphatic hydroxyl groups is 1. The van der Waals surface area contributed by atoms with Gasteiger partial charge in [0.25, 0.3) is 0 Å². The lowest BCUT2D eigenvalue weighted by atomic mass is 10.0. The maximum Gasteiger partial charge on any atom is 0.303 e. The number of carboxylic acid groups (broad SMARTS) is 1. The van der Waals surface area contributed by atoms with Gasteiger partial charge < -0.3 is 20.3 Å². The van der Waals surface area contributed by atoms with Gasteiger partial charge in [0.15, 0.2) is 0 Å². The van der Waals surface area contributed by atoms with E-state index < -0.39 is 12.1 Å². The number of aliphatic carboxylic acids is 1. The Balaban J connectivity index is 3.62. The topological polar surface area (TPSA) is 95.9 Å². The highest BCUT2D eigenvalue weighted by atomic mass is 16.5. The third-order valence-corrected chi connectivity index (χ3v) is 2.22. The number of carboxylic acids is 1. The van der Waals surface area contributed by atoms with E-state index in [0.717, 1.165) is 0 Å². The number of methoxy groups -OCH3 is 1. The summed E-state index contributed by atoms with van der Waals surface area (Å²) >= 11 is 0. The van der Waals surface area contributed by atoms with Crippen molar-refractivity contribution in [3.63, 3.8) is 0 Å². The van der Waals surface area contributed by atoms with Crippen molar-refractivity contribution in [2.75, 3.05) is 20.3 Å². The molecule has 6 nitrogen and oxygen atoms in total. The standard InChI is InChI=1S/C11H21NO5/c1-8(6-11(15)16)5-10(14)12-4-3-9(13)7-17-2/h8-9,13H,3-7H2,1-2H3,(H,12,14)(H,15,16). The number of amides is 1. The van der Waals surface area contributed by atoms with Gasteiger partial charge in [0.1, 0.15) is 0 Å². The largest absolute Gasteiger partial charge is 0.481 e. The number of carbonyl (C=O) groups excluding carboxylic acids is 1. The summed E-state index contributed by atoms with van der Waals surface area (Å²) in [6, 6.07) is 0. The maximum absolute atomic E-state index is 11.4. The molecule has 6 heteroatoms. The highest BCUT2D eigenvalue weighted by Gasteiger charge is 2.12. The summed E-state index contributed by atoms with van der Waals surface area (Å²) in [5, 5.41) is 20.5. The molecule has 0 aromatic heterocycles. The van der Waals surface area contributed by atoms with Crippen LogP contribution in [0.3, 0.4) is 0 Å². The first kappa shape index (κ1) is 15.9. The van der Waals surface area contributed by atoms with Crippen molar-refractivity contribution in [1.82, 2.24) is 5.32 Å². The third kappa shape index (κ3) is 9.77. The molecule has 0 saturated heterocycles. The first-order chi connectivity index (χ1) is 7.95. The Kier molecular flexibility index (Phi) is 8.35. The van der Waals surface area contributed by atoms with Gasteiger partial charge in [-0.3, -0.25) is 9.59 Å². The molecule has 100 valence electrons. The highest BCUT2D eigenvalue weighted by Crippen LogP contribution is 2.06. The summed E-state index contributed by atoms with van der Waals surface area (Å²) in [6.07, 6.45) is 0.0102. The van der Waals surface area contributed by atoms with Crippen LogP contribution in [-0.2, 0) is 14.3 Å². The van der Waals surface area contributed by atoms with Crippen LogP contribution in [0.1, 0.15) is 26.2 Å². The lowest BCUT2D eigenvalue weighted by molar-refractivity contribution is -0.138. The van der Waals surface area contributed by atoms with Crippen LogP contribution in [0.5, 0.6) is 0 Å². The van der Waals surface area contributed by atoms with E-state index in [9.17, 15) is 14.7 Å². The summed E-state index contributed by atoms with van der Waals surface area (Å²) in [5.74, 6) is -1.28. The second kappa shape index (κ2) is 8.95. The van der Waals surface area contributed by atoms with E-state index in [1.807, 2.05) is 0 Å². The zero-order chi connectivity index (χ0) is 13.3. The van der Waals surface area contributed by atoms with Crippen molar-refractivity contribution in [3.8, 4) is 0 Å². The highest BCUT2D eigenvalue weighted by molar-refractivity contribution is 5.77. The van der Waals surface area contributed by atoms with Crippen LogP contribution in [0, 0.1) is 5.92 Å². The van der Waals surface area contributed by atoms with E-state index in [-0.39, 0.29) is 31.3 Å². The van der Waals surface area contributed by atoms with Gasteiger partial charge in [0.2, 0.25) is 5.91 Å². The van der Waals surface area contributed by atoms with Gasteiger partial charge in [-0.25, -0.2) is 0 Å². The van der Waals surface area contributed by atoms with Gasteiger partial charge in [-0.05, 0) is 12.3 Å². The minimum absolute atomic E-state index is 0.0142. The zero-order valence-electron chi connectivity index (χ0n) is 10.3. The van der Waals surface area contributed by atoms with Crippen LogP contribution >= 0.6 is 0 Å². The Morgan fingerprint density at radius 1 is 1.35 bits per heavy atom. The number of hydrogen-bond acceptors (Lipinski definition) is 4. The van der Waals surface area contributed by atoms with E-state index in [4.69, 9.17) is 9.84 Å². The molecular formula is C11H21NO5. The molecular weight excluding hydrogens is 226 g/mol. The Hall–Kier alpha value is -1.14. The lowest BCUT2D eigenvalue weighted by Gasteiger charge is -2.11. The van der Waals surface area contributed by atoms with Gasteiger partial charge in [-0.2, -0.15) is 0 Å². The molecule has 2 unspecified atom stereocenters. The molecule has 0 aliphatic rings. The summed E-state index contributed by atoms with van der Waals surface area (Å²) < 4.78 is 4.74. The molecule has 0 rings (SSSR count). The van der Waals surface area contributed by atoms with Gasteiger partial charge in [0.05, 0.1) is 12.7 Å². The summed E-state index contributed by atoms with van der Waals surface area (Å²) in [7, 11) is 1.50. The number of ether oxygens (including phenoxy) is 1. The van der Waals surface area contributed by atoms with Crippen molar-refractivity contribution >= 4 is 11.9 Å². The van der Waals surface area contributed by atoms with Crippen LogP contribution in [0.15, 0.2) is 0 Å². The van der Waals surface area contributed by atoms with Crippen LogP contribution in [0.4, 0.5) is 0 Å². The second-order valence-corrected chi connectivity index (χ2v) is 4.15. The molecule has 3 N–H and O–H groups in total. The summed E-state index contributed by atoms with van der Waals surface area (Å²) in [5.41, 5.74) is 0. The van der Waals surface area contributed by atoms with Crippen molar-refractivity contribution in [2.45, 2.75) is 32.3 Å². The fourth-order valence-corrected chi connectivity index (χ4v) is 1.41. The van der Waals surface area contributed by atoms with Gasteiger partial charge in [0, 0.05) is 26.5 Å². The second-order valence-electron chi connectivity index (χ2n) is 4.15. The van der Waals surface area contributed by atoms with Gasteiger partial charge in [-0.1, -0.05) is 6.92 Å². The molecule has 0 radical (unpaired) electrons. The predicted octanol–water partition coefficient (Wildman–Crippen LogP) is 0.000900. The zero-order valence-corrected chi connectivity index (χ0v) is 10.3. The number of hydrogen-bond donors (Lipinski definition) is 3. The summed E-state index contributed by atoms with van der Waals surface area (Å²) in [4.78, 5) is 21.7. The SMILES string of the molecule is COCC(O)CCNC(=O)CC(C)CC(=O)O. The van der Waals surface area contributed by atoms with E-state index in [1.54, 1.807) is 6.92 Å². The average molecular weight is 247 g/mol. The Morgan fingerprint density at radius 2 is 2.00 bits per heavy atom. The molecule has 0 aliphatic carbocycles. The van der Waals surface area contributed by atoms with Crippen molar-refractivity contribution in [2.24, 2.45) is 5.92 Å². The number of aliphatic hydroxyl groups excluding tert-OH is 1. The normalized spacial score (nSPS) is 14.1. The first-order valence-corrected chi connectivity index (χ1v) is 5.61. The number of carbonyl (C=O) groups is 2. The maximum atomic E-state index is 11.4. The molecule has 0 heterocycles. The molecule has 0 aromatic carbocycles. The molecule has 0 spiro atoms. The van der Waals surface area contributed by atoms with Crippen molar-refractivity contribution in [3.05, 3.63) is 0 Å². The van der Waals surface area contributed by atoms with E-state index >= 15 is 0 Å². The van der Waals surface area contributed by atoms with Gasteiger partial charge in [-0.15, -0.1) is 0 Å². The van der Waals surface area contributed by atoms with Crippen LogP contribution < -0.4 is 5.32 Å². The van der Waals surface area contributed by atoms with E-state index in [2.05, 4.69) is 5.32 Å². The lowest BCUT2D eigenvalue weighted by Crippen LogP contribution is -2.29. The van der Waals surface area contributed by atoms with E-state index in [0.29, 0.717) is 13.0 Å². The Labute approximate surface area is 101 Å². The fourth-order valence-electron chi connectivity index (χ4n) is 1.41. The molecule has 0 saturated carbocycles. The van der Waals surface area contributed by atoms with Crippen LogP contribution in [0.25, 0.3) is 0 Å². The monoisotopic (exact) mass is 247 g/mol. The number of rotatable bonds is 9. The van der Waals surface area contributed by atoms with E-state index in [1.165, 1.54) is 7.11 Å². The molecule has 0 aliphatic heterocycles. The quantitative estimate of drug-likeness (QED) is 0.533. The van der Waals surface area contributed by atoms with Crippen LogP contribution in [0.2, 0.25) is 0 Å². The van der Waals surface area contributed by atoms with Crippen molar-refractivity contribution < 1.29 is 24.5 Å². The van der Waals surface area contributed by atoms with Crippen LogP contribution in [-0.4, -0.2) is 48.5 Å². The Morgan fingerprint density at radius 3 is 2.53 bits per heavy atom. The third-order valence-electron chi connectivity index (χ3n) is 2.22. The number of nitrogens with one attached hydrogen (secondary N) is 1. The smallest absolute Gasteiger partial charge is 0.303 e. The minimum Gasteiger partial charge on any atom is -0.481 e. The minimum atomic E-state index is -0.902.